The Kier molecular flexibility index (Phi) is 10.6. The quantitative estimate of drug-likeness (QED) is 0.137. The highest BCUT2D eigenvalue weighted by Crippen LogP contribution is 2.29. The zero-order valence-electron chi connectivity index (χ0n) is 23.8. The molecule has 0 bridgehead atoms. The van der Waals surface area contributed by atoms with Crippen LogP contribution in [0.4, 0.5) is 17.1 Å². The number of para-hydroxylation sites is 1. The SMILES string of the molecule is CCC(Sc1cccc(NC(=O)/C(=C\c2ccc(N(C)C)cc2)NC(=O)c2ccccc2)c1)C(=O)Nc1ccccc1. The van der Waals surface area contributed by atoms with Crippen molar-refractivity contribution < 1.29 is 14.4 Å². The third-order valence-corrected chi connectivity index (χ3v) is 7.68. The molecular weight excluding hydrogens is 544 g/mol. The molecule has 0 saturated heterocycles. The van der Waals surface area contributed by atoms with E-state index in [1.165, 1.54) is 11.8 Å². The second-order valence-corrected chi connectivity index (χ2v) is 11.0. The average Bonchev–Trinajstić information content (AvgIpc) is 3.00. The number of benzene rings is 4. The third-order valence-electron chi connectivity index (χ3n) is 6.32. The minimum Gasteiger partial charge on any atom is -0.378 e. The number of nitrogens with zero attached hydrogens (tertiary/aromatic N) is 1. The summed E-state index contributed by atoms with van der Waals surface area (Å²) < 4.78 is 0. The molecule has 0 aliphatic carbocycles. The fraction of sp³-hybridized carbons (Fsp3) is 0.147. The van der Waals surface area contributed by atoms with Crippen molar-refractivity contribution in [2.75, 3.05) is 29.6 Å². The van der Waals surface area contributed by atoms with Crippen molar-refractivity contribution in [3.8, 4) is 0 Å². The van der Waals surface area contributed by atoms with E-state index in [4.69, 9.17) is 0 Å². The van der Waals surface area contributed by atoms with Crippen molar-refractivity contribution in [3.05, 3.63) is 126 Å². The van der Waals surface area contributed by atoms with Crippen LogP contribution < -0.4 is 20.9 Å². The summed E-state index contributed by atoms with van der Waals surface area (Å²) in [6.45, 7) is 1.96. The first-order valence-corrected chi connectivity index (χ1v) is 14.5. The van der Waals surface area contributed by atoms with Gasteiger partial charge in [-0.3, -0.25) is 14.4 Å². The van der Waals surface area contributed by atoms with Gasteiger partial charge in [-0.15, -0.1) is 11.8 Å². The van der Waals surface area contributed by atoms with E-state index < -0.39 is 5.91 Å². The van der Waals surface area contributed by atoms with Crippen molar-refractivity contribution in [1.82, 2.24) is 5.32 Å². The van der Waals surface area contributed by atoms with Crippen molar-refractivity contribution in [2.45, 2.75) is 23.5 Å². The maximum absolute atomic E-state index is 13.5. The van der Waals surface area contributed by atoms with E-state index in [1.54, 1.807) is 36.4 Å². The number of carbonyl (C=O) groups excluding carboxylic acids is 3. The summed E-state index contributed by atoms with van der Waals surface area (Å²) in [7, 11) is 3.91. The van der Waals surface area contributed by atoms with Crippen molar-refractivity contribution in [3.63, 3.8) is 0 Å². The van der Waals surface area contributed by atoms with Gasteiger partial charge in [-0.25, -0.2) is 0 Å². The minimum absolute atomic E-state index is 0.0859. The molecule has 4 aromatic rings. The summed E-state index contributed by atoms with van der Waals surface area (Å²) in [5.41, 5.74) is 3.62. The van der Waals surface area contributed by atoms with Crippen LogP contribution in [0.3, 0.4) is 0 Å². The van der Waals surface area contributed by atoms with E-state index in [-0.39, 0.29) is 22.8 Å². The van der Waals surface area contributed by atoms with E-state index in [1.807, 2.05) is 105 Å². The summed E-state index contributed by atoms with van der Waals surface area (Å²) in [6.07, 6.45) is 2.28. The molecule has 0 fully saturated rings. The molecule has 7 nitrogen and oxygen atoms in total. The lowest BCUT2D eigenvalue weighted by Crippen LogP contribution is -2.30. The molecule has 4 rings (SSSR count). The lowest BCUT2D eigenvalue weighted by atomic mass is 10.1. The molecule has 0 aliphatic rings. The highest BCUT2D eigenvalue weighted by molar-refractivity contribution is 8.00. The van der Waals surface area contributed by atoms with Gasteiger partial charge in [0.1, 0.15) is 5.70 Å². The molecular formula is C34H34N4O3S. The first-order valence-electron chi connectivity index (χ1n) is 13.6. The second kappa shape index (κ2) is 14.7. The Labute approximate surface area is 251 Å². The van der Waals surface area contributed by atoms with Gasteiger partial charge < -0.3 is 20.9 Å². The number of thioether (sulfide) groups is 1. The molecule has 214 valence electrons. The van der Waals surface area contributed by atoms with Gasteiger partial charge in [-0.05, 0) is 72.7 Å². The maximum Gasteiger partial charge on any atom is 0.272 e. The Morgan fingerprint density at radius 2 is 1.43 bits per heavy atom. The normalized spacial score (nSPS) is 11.7. The van der Waals surface area contributed by atoms with E-state index >= 15 is 0 Å². The number of anilines is 3. The van der Waals surface area contributed by atoms with Crippen LogP contribution in [0.25, 0.3) is 6.08 Å². The molecule has 0 radical (unpaired) electrons. The first kappa shape index (κ1) is 30.1. The van der Waals surface area contributed by atoms with Crippen LogP contribution in [-0.2, 0) is 9.59 Å². The molecule has 42 heavy (non-hydrogen) atoms. The van der Waals surface area contributed by atoms with Gasteiger partial charge in [-0.1, -0.05) is 61.5 Å². The fourth-order valence-corrected chi connectivity index (χ4v) is 5.07. The van der Waals surface area contributed by atoms with Crippen LogP contribution in [0, 0.1) is 0 Å². The van der Waals surface area contributed by atoms with Crippen molar-refractivity contribution >= 4 is 52.6 Å². The Bertz CT molecular complexity index is 1540. The molecule has 8 heteroatoms. The minimum atomic E-state index is -0.466. The molecule has 1 unspecified atom stereocenters. The van der Waals surface area contributed by atoms with Crippen LogP contribution in [0.15, 0.2) is 120 Å². The van der Waals surface area contributed by atoms with Gasteiger partial charge in [0.15, 0.2) is 0 Å². The molecule has 0 saturated carbocycles. The second-order valence-electron chi connectivity index (χ2n) is 9.72. The first-order chi connectivity index (χ1) is 20.3. The summed E-state index contributed by atoms with van der Waals surface area (Å²) >= 11 is 1.43. The zero-order chi connectivity index (χ0) is 29.9. The smallest absolute Gasteiger partial charge is 0.272 e. The van der Waals surface area contributed by atoms with Crippen molar-refractivity contribution in [2.24, 2.45) is 0 Å². The van der Waals surface area contributed by atoms with E-state index in [0.29, 0.717) is 17.7 Å². The molecule has 4 aromatic carbocycles. The molecule has 0 spiro atoms. The van der Waals surface area contributed by atoms with Crippen LogP contribution in [0.2, 0.25) is 0 Å². The Morgan fingerprint density at radius 1 is 0.786 bits per heavy atom. The summed E-state index contributed by atoms with van der Waals surface area (Å²) in [5.74, 6) is -0.939. The maximum atomic E-state index is 13.5. The van der Waals surface area contributed by atoms with E-state index in [9.17, 15) is 14.4 Å². The lowest BCUT2D eigenvalue weighted by molar-refractivity contribution is -0.116. The molecule has 3 N–H and O–H groups in total. The Hall–Kier alpha value is -4.82. The topological polar surface area (TPSA) is 90.5 Å². The molecule has 0 aromatic heterocycles. The van der Waals surface area contributed by atoms with Gasteiger partial charge in [0.2, 0.25) is 5.91 Å². The largest absolute Gasteiger partial charge is 0.378 e. The number of hydrogen-bond acceptors (Lipinski definition) is 5. The van der Waals surface area contributed by atoms with E-state index in [0.717, 1.165) is 21.8 Å². The van der Waals surface area contributed by atoms with Gasteiger partial charge >= 0.3 is 0 Å². The summed E-state index contributed by atoms with van der Waals surface area (Å²) in [5, 5.41) is 8.32. The number of amides is 3. The van der Waals surface area contributed by atoms with Crippen LogP contribution in [0.1, 0.15) is 29.3 Å². The number of carbonyl (C=O) groups is 3. The number of rotatable bonds is 11. The van der Waals surface area contributed by atoms with Gasteiger partial charge in [-0.2, -0.15) is 0 Å². The predicted molar refractivity (Wildman–Crippen MR) is 173 cm³/mol. The van der Waals surface area contributed by atoms with E-state index in [2.05, 4.69) is 16.0 Å². The van der Waals surface area contributed by atoms with Crippen LogP contribution in [-0.4, -0.2) is 37.1 Å². The molecule has 3 amide bonds. The number of hydrogen-bond donors (Lipinski definition) is 3. The summed E-state index contributed by atoms with van der Waals surface area (Å²) in [6, 6.07) is 33.1. The van der Waals surface area contributed by atoms with Crippen LogP contribution in [0.5, 0.6) is 0 Å². The Balaban J connectivity index is 1.51. The lowest BCUT2D eigenvalue weighted by Gasteiger charge is -2.16. The third kappa shape index (κ3) is 8.59. The monoisotopic (exact) mass is 578 g/mol. The predicted octanol–water partition coefficient (Wildman–Crippen LogP) is 6.67. The highest BCUT2D eigenvalue weighted by Gasteiger charge is 2.19. The van der Waals surface area contributed by atoms with Gasteiger partial charge in [0.05, 0.1) is 5.25 Å². The van der Waals surface area contributed by atoms with Crippen molar-refractivity contribution in [1.29, 1.82) is 0 Å². The Morgan fingerprint density at radius 3 is 2.07 bits per heavy atom. The molecule has 0 heterocycles. The van der Waals surface area contributed by atoms with Crippen LogP contribution >= 0.6 is 11.8 Å². The number of nitrogens with one attached hydrogen (secondary N) is 3. The average molecular weight is 579 g/mol. The highest BCUT2D eigenvalue weighted by atomic mass is 32.2. The van der Waals surface area contributed by atoms with Gasteiger partial charge in [0.25, 0.3) is 11.8 Å². The molecule has 0 aliphatic heterocycles. The summed E-state index contributed by atoms with van der Waals surface area (Å²) in [4.78, 5) is 42.2. The standard InChI is InChI=1S/C34H34N4O3S/c1-4-31(34(41)35-26-14-9-6-10-15-26)42-29-17-11-16-27(23-29)36-33(40)30(37-32(39)25-12-7-5-8-13-25)22-24-18-20-28(21-19-24)38(2)3/h5-23,31H,4H2,1-3H3,(H,35,41)(H,36,40)(H,37,39)/b30-22+. The molecule has 1 atom stereocenters. The van der Waals surface area contributed by atoms with Gasteiger partial charge in [0, 0.05) is 41.6 Å². The fourth-order valence-electron chi connectivity index (χ4n) is 4.05. The zero-order valence-corrected chi connectivity index (χ0v) is 24.7.